The number of carboxylic acids is 1. The van der Waals surface area contributed by atoms with Gasteiger partial charge in [0, 0.05) is 13.0 Å². The monoisotopic (exact) mass is 291 g/mol. The summed E-state index contributed by atoms with van der Waals surface area (Å²) in [6.07, 6.45) is -4.89. The lowest BCUT2D eigenvalue weighted by atomic mass is 10.2. The highest BCUT2D eigenvalue weighted by Gasteiger charge is 2.25. The molecule has 0 fully saturated rings. The van der Waals surface area contributed by atoms with Crippen LogP contribution in [-0.2, 0) is 0 Å². The molecule has 0 amide bonds. The summed E-state index contributed by atoms with van der Waals surface area (Å²) >= 11 is 0. The Kier molecular flexibility index (Phi) is 6.30. The summed E-state index contributed by atoms with van der Waals surface area (Å²) in [5.41, 5.74) is 0.126. The van der Waals surface area contributed by atoms with E-state index in [4.69, 9.17) is 9.84 Å². The molecule has 0 spiro atoms. The maximum Gasteiger partial charge on any atom is 0.389 e. The molecule has 1 rings (SSSR count). The van der Waals surface area contributed by atoms with Crippen molar-refractivity contribution in [3.63, 3.8) is 0 Å². The topological polar surface area (TPSA) is 58.6 Å². The molecular weight excluding hydrogens is 275 g/mol. The van der Waals surface area contributed by atoms with Gasteiger partial charge in [-0.1, -0.05) is 6.07 Å². The Labute approximate surface area is 114 Å². The summed E-state index contributed by atoms with van der Waals surface area (Å²) in [5, 5.41) is 11.6. The number of aromatic carboxylic acids is 1. The molecule has 1 aromatic rings. The van der Waals surface area contributed by atoms with Crippen molar-refractivity contribution >= 4 is 5.97 Å². The number of carboxylic acid groups (broad SMARTS) is 1. The first-order valence-corrected chi connectivity index (χ1v) is 6.12. The highest BCUT2D eigenvalue weighted by atomic mass is 19.4. The first kappa shape index (κ1) is 16.3. The van der Waals surface area contributed by atoms with Crippen LogP contribution in [0, 0.1) is 0 Å². The van der Waals surface area contributed by atoms with Gasteiger partial charge in [0.05, 0.1) is 5.56 Å². The second-order valence-corrected chi connectivity index (χ2v) is 4.15. The SMILES string of the molecule is O=C(O)c1cccc(OCCNCCCC(F)(F)F)c1. The van der Waals surface area contributed by atoms with Crippen molar-refractivity contribution in [2.45, 2.75) is 19.0 Å². The van der Waals surface area contributed by atoms with Crippen LogP contribution in [-0.4, -0.2) is 36.9 Å². The Balaban J connectivity index is 2.15. The number of rotatable bonds is 8. The lowest BCUT2D eigenvalue weighted by Crippen LogP contribution is -2.23. The van der Waals surface area contributed by atoms with E-state index in [0.29, 0.717) is 12.3 Å². The lowest BCUT2D eigenvalue weighted by molar-refractivity contribution is -0.135. The minimum Gasteiger partial charge on any atom is -0.492 e. The number of alkyl halides is 3. The molecule has 0 aromatic heterocycles. The first-order chi connectivity index (χ1) is 9.38. The summed E-state index contributed by atoms with van der Waals surface area (Å²) in [5.74, 6) is -0.622. The molecule has 0 aliphatic carbocycles. The first-order valence-electron chi connectivity index (χ1n) is 6.12. The minimum absolute atomic E-state index is 0.0258. The number of nitrogens with one attached hydrogen (secondary N) is 1. The van der Waals surface area contributed by atoms with Crippen LogP contribution in [0.25, 0.3) is 0 Å². The average Bonchev–Trinajstić information content (AvgIpc) is 2.36. The molecule has 7 heteroatoms. The second kappa shape index (κ2) is 7.74. The molecule has 0 radical (unpaired) electrons. The number of hydrogen-bond acceptors (Lipinski definition) is 3. The Morgan fingerprint density at radius 2 is 2.05 bits per heavy atom. The van der Waals surface area contributed by atoms with Crippen molar-refractivity contribution in [3.8, 4) is 5.75 Å². The second-order valence-electron chi connectivity index (χ2n) is 4.15. The Bertz CT molecular complexity index is 435. The molecule has 0 saturated carbocycles. The van der Waals surface area contributed by atoms with E-state index in [2.05, 4.69) is 5.32 Å². The van der Waals surface area contributed by atoms with E-state index in [1.54, 1.807) is 12.1 Å². The Hall–Kier alpha value is -1.76. The van der Waals surface area contributed by atoms with Crippen molar-refractivity contribution in [1.29, 1.82) is 0 Å². The van der Waals surface area contributed by atoms with Crippen LogP contribution in [0.5, 0.6) is 5.75 Å². The van der Waals surface area contributed by atoms with Gasteiger partial charge in [-0.05, 0) is 31.2 Å². The number of halogens is 3. The fourth-order valence-electron chi connectivity index (χ4n) is 1.50. The van der Waals surface area contributed by atoms with Gasteiger partial charge in [-0.3, -0.25) is 0 Å². The highest BCUT2D eigenvalue weighted by Crippen LogP contribution is 2.20. The Morgan fingerprint density at radius 1 is 1.30 bits per heavy atom. The van der Waals surface area contributed by atoms with Crippen LogP contribution >= 0.6 is 0 Å². The van der Waals surface area contributed by atoms with Crippen LogP contribution < -0.4 is 10.1 Å². The average molecular weight is 291 g/mol. The quantitative estimate of drug-likeness (QED) is 0.723. The fourth-order valence-corrected chi connectivity index (χ4v) is 1.50. The van der Waals surface area contributed by atoms with Crippen molar-refractivity contribution in [2.75, 3.05) is 19.7 Å². The van der Waals surface area contributed by atoms with E-state index < -0.39 is 18.6 Å². The number of carbonyl (C=O) groups is 1. The molecule has 0 bridgehead atoms. The Morgan fingerprint density at radius 3 is 2.70 bits per heavy atom. The zero-order chi connectivity index (χ0) is 15.0. The third-order valence-electron chi connectivity index (χ3n) is 2.44. The zero-order valence-electron chi connectivity index (χ0n) is 10.7. The van der Waals surface area contributed by atoms with Crippen LogP contribution in [0.15, 0.2) is 24.3 Å². The third kappa shape index (κ3) is 6.98. The molecule has 0 heterocycles. The number of hydrogen-bond donors (Lipinski definition) is 2. The molecule has 4 nitrogen and oxygen atoms in total. The van der Waals surface area contributed by atoms with Crippen molar-refractivity contribution in [2.24, 2.45) is 0 Å². The maximum absolute atomic E-state index is 11.9. The summed E-state index contributed by atoms with van der Waals surface area (Å²) in [4.78, 5) is 10.7. The van der Waals surface area contributed by atoms with Crippen molar-refractivity contribution < 1.29 is 27.8 Å². The largest absolute Gasteiger partial charge is 0.492 e. The number of benzene rings is 1. The normalized spacial score (nSPS) is 11.3. The van der Waals surface area contributed by atoms with E-state index >= 15 is 0 Å². The summed E-state index contributed by atoms with van der Waals surface area (Å²) < 4.78 is 40.9. The molecule has 112 valence electrons. The van der Waals surface area contributed by atoms with Gasteiger partial charge in [0.15, 0.2) is 0 Å². The standard InChI is InChI=1S/C13H16F3NO3/c14-13(15,16)5-2-6-17-7-8-20-11-4-1-3-10(9-11)12(18)19/h1,3-4,9,17H,2,5-8H2,(H,18,19). The highest BCUT2D eigenvalue weighted by molar-refractivity contribution is 5.87. The molecule has 20 heavy (non-hydrogen) atoms. The fraction of sp³-hybridized carbons (Fsp3) is 0.462. The van der Waals surface area contributed by atoms with Gasteiger partial charge in [-0.2, -0.15) is 13.2 Å². The van der Waals surface area contributed by atoms with Gasteiger partial charge >= 0.3 is 12.1 Å². The van der Waals surface area contributed by atoms with Crippen molar-refractivity contribution in [3.05, 3.63) is 29.8 Å². The molecule has 0 aliphatic heterocycles. The van der Waals surface area contributed by atoms with Gasteiger partial charge < -0.3 is 15.2 Å². The van der Waals surface area contributed by atoms with Crippen LogP contribution in [0.4, 0.5) is 13.2 Å². The zero-order valence-corrected chi connectivity index (χ0v) is 10.7. The van der Waals surface area contributed by atoms with Gasteiger partial charge in [-0.15, -0.1) is 0 Å². The predicted octanol–water partition coefficient (Wildman–Crippen LogP) is 2.70. The van der Waals surface area contributed by atoms with E-state index in [1.807, 2.05) is 0 Å². The van der Waals surface area contributed by atoms with Crippen LogP contribution in [0.2, 0.25) is 0 Å². The lowest BCUT2D eigenvalue weighted by Gasteiger charge is -2.09. The molecule has 0 atom stereocenters. The third-order valence-corrected chi connectivity index (χ3v) is 2.44. The van der Waals surface area contributed by atoms with Gasteiger partial charge in [0.1, 0.15) is 12.4 Å². The smallest absolute Gasteiger partial charge is 0.389 e. The van der Waals surface area contributed by atoms with E-state index in [1.165, 1.54) is 12.1 Å². The molecule has 2 N–H and O–H groups in total. The van der Waals surface area contributed by atoms with E-state index in [-0.39, 0.29) is 25.1 Å². The van der Waals surface area contributed by atoms with Gasteiger partial charge in [0.25, 0.3) is 0 Å². The molecule has 1 aromatic carbocycles. The summed E-state index contributed by atoms with van der Waals surface area (Å²) in [6, 6.07) is 6.03. The van der Waals surface area contributed by atoms with Crippen LogP contribution in [0.1, 0.15) is 23.2 Å². The maximum atomic E-state index is 11.9. The molecule has 0 saturated heterocycles. The molecule has 0 aliphatic rings. The van der Waals surface area contributed by atoms with E-state index in [0.717, 1.165) is 0 Å². The van der Waals surface area contributed by atoms with E-state index in [9.17, 15) is 18.0 Å². The summed E-state index contributed by atoms with van der Waals surface area (Å²) in [7, 11) is 0. The van der Waals surface area contributed by atoms with Crippen molar-refractivity contribution in [1.82, 2.24) is 5.32 Å². The summed E-state index contributed by atoms with van der Waals surface area (Å²) in [6.45, 7) is 0.919. The van der Waals surface area contributed by atoms with Gasteiger partial charge in [0.2, 0.25) is 0 Å². The minimum atomic E-state index is -4.12. The predicted molar refractivity (Wildman–Crippen MR) is 67.1 cm³/mol. The number of ether oxygens (including phenoxy) is 1. The molecular formula is C13H16F3NO3. The van der Waals surface area contributed by atoms with Crippen LogP contribution in [0.3, 0.4) is 0 Å². The van der Waals surface area contributed by atoms with Gasteiger partial charge in [-0.25, -0.2) is 4.79 Å². The molecule has 0 unspecified atom stereocenters.